The molecule has 110 valence electrons. The van der Waals surface area contributed by atoms with E-state index in [9.17, 15) is 23.4 Å². The lowest BCUT2D eigenvalue weighted by atomic mass is 10.1. The molecule has 8 nitrogen and oxygen atoms in total. The molecule has 0 radical (unpaired) electrons. The molecule has 2 aromatic rings. The standard InChI is InChI=1S/C12H10N2O6S/c15-7-5-8(11(16)9(6-7)21(18,19)20)12(17)14-10-3-1-2-4-13-10/h1-6,15-16H,(H,13,14,17)(H,18,19,20)/i3D,4D. The molecule has 0 aliphatic rings. The number of rotatable bonds is 3. The summed E-state index contributed by atoms with van der Waals surface area (Å²) < 4.78 is 46.1. The summed E-state index contributed by atoms with van der Waals surface area (Å²) in [4.78, 5) is 14.6. The van der Waals surface area contributed by atoms with Crippen molar-refractivity contribution in [2.75, 3.05) is 5.32 Å². The molecule has 0 fully saturated rings. The minimum Gasteiger partial charge on any atom is -0.508 e. The van der Waals surface area contributed by atoms with Crippen molar-refractivity contribution in [3.8, 4) is 11.5 Å². The van der Waals surface area contributed by atoms with E-state index in [1.54, 1.807) is 0 Å². The Morgan fingerprint density at radius 3 is 2.67 bits per heavy atom. The number of benzene rings is 1. The van der Waals surface area contributed by atoms with Crippen molar-refractivity contribution in [2.45, 2.75) is 4.90 Å². The average molecular weight is 312 g/mol. The van der Waals surface area contributed by atoms with E-state index in [4.69, 9.17) is 7.29 Å². The van der Waals surface area contributed by atoms with Gasteiger partial charge >= 0.3 is 0 Å². The Bertz CT molecular complexity index is 901. The second kappa shape index (κ2) is 5.38. The van der Waals surface area contributed by atoms with Crippen molar-refractivity contribution < 1.29 is 30.7 Å². The Hall–Kier alpha value is -2.65. The zero-order valence-corrected chi connectivity index (χ0v) is 11.0. The highest BCUT2D eigenvalue weighted by molar-refractivity contribution is 7.86. The Balaban J connectivity index is 2.48. The van der Waals surface area contributed by atoms with Crippen LogP contribution < -0.4 is 5.32 Å². The van der Waals surface area contributed by atoms with Gasteiger partial charge in [0.25, 0.3) is 16.0 Å². The number of phenolic OH excluding ortho intramolecular Hbond substituents is 2. The highest BCUT2D eigenvalue weighted by atomic mass is 32.2. The van der Waals surface area contributed by atoms with E-state index < -0.39 is 38.0 Å². The molecule has 2 rings (SSSR count). The number of aromatic nitrogens is 1. The van der Waals surface area contributed by atoms with Gasteiger partial charge < -0.3 is 15.5 Å². The van der Waals surface area contributed by atoms with E-state index in [2.05, 4.69) is 10.3 Å². The zero-order chi connectivity index (χ0) is 17.4. The van der Waals surface area contributed by atoms with Crippen molar-refractivity contribution in [2.24, 2.45) is 0 Å². The number of phenols is 2. The first-order valence-corrected chi connectivity index (χ1v) is 6.82. The summed E-state index contributed by atoms with van der Waals surface area (Å²) in [5.41, 5.74) is -0.658. The van der Waals surface area contributed by atoms with Crippen LogP contribution in [0.15, 0.2) is 41.4 Å². The molecule has 4 N–H and O–H groups in total. The fraction of sp³-hybridized carbons (Fsp3) is 0. The van der Waals surface area contributed by atoms with Crippen LogP contribution in [0.3, 0.4) is 0 Å². The van der Waals surface area contributed by atoms with E-state index in [-0.39, 0.29) is 18.0 Å². The number of hydrogen-bond donors (Lipinski definition) is 4. The lowest BCUT2D eigenvalue weighted by molar-refractivity contribution is 0.102. The molecule has 1 heterocycles. The Labute approximate surface area is 122 Å². The molecular formula is C12H10N2O6S. The Morgan fingerprint density at radius 1 is 1.29 bits per heavy atom. The average Bonchev–Trinajstić information content (AvgIpc) is 2.43. The first-order chi connectivity index (χ1) is 10.6. The van der Waals surface area contributed by atoms with Crippen LogP contribution in [0.1, 0.15) is 13.1 Å². The summed E-state index contributed by atoms with van der Waals surface area (Å²) in [6, 6.07) is 3.55. The number of pyridine rings is 1. The molecule has 0 aliphatic heterocycles. The molecule has 21 heavy (non-hydrogen) atoms. The van der Waals surface area contributed by atoms with Crippen LogP contribution in [0.2, 0.25) is 0 Å². The van der Waals surface area contributed by atoms with E-state index in [1.165, 1.54) is 12.1 Å². The minimum atomic E-state index is -4.87. The van der Waals surface area contributed by atoms with E-state index in [0.29, 0.717) is 6.07 Å². The number of amides is 1. The van der Waals surface area contributed by atoms with Gasteiger partial charge in [-0.3, -0.25) is 9.35 Å². The third kappa shape index (κ3) is 3.27. The molecule has 9 heteroatoms. The second-order valence-electron chi connectivity index (χ2n) is 3.84. The van der Waals surface area contributed by atoms with Gasteiger partial charge in [-0.2, -0.15) is 8.42 Å². The molecule has 0 atom stereocenters. The molecule has 0 aliphatic carbocycles. The monoisotopic (exact) mass is 312 g/mol. The molecule has 1 aromatic carbocycles. The molecule has 0 spiro atoms. The minimum absolute atomic E-state index is 0.219. The number of nitrogens with zero attached hydrogens (tertiary/aromatic N) is 1. The van der Waals surface area contributed by atoms with Gasteiger partial charge in [0.15, 0.2) is 0 Å². The van der Waals surface area contributed by atoms with Gasteiger partial charge in [-0.15, -0.1) is 0 Å². The highest BCUT2D eigenvalue weighted by Crippen LogP contribution is 2.31. The smallest absolute Gasteiger partial charge is 0.298 e. The van der Waals surface area contributed by atoms with Crippen LogP contribution >= 0.6 is 0 Å². The van der Waals surface area contributed by atoms with Gasteiger partial charge in [0.2, 0.25) is 0 Å². The van der Waals surface area contributed by atoms with Gasteiger partial charge in [0.05, 0.1) is 8.30 Å². The maximum Gasteiger partial charge on any atom is 0.298 e. The van der Waals surface area contributed by atoms with Crippen molar-refractivity contribution in [1.82, 2.24) is 4.98 Å². The van der Waals surface area contributed by atoms with Crippen LogP contribution in [0.25, 0.3) is 0 Å². The van der Waals surface area contributed by atoms with Crippen molar-refractivity contribution in [1.29, 1.82) is 0 Å². The third-order valence-electron chi connectivity index (χ3n) is 2.37. The predicted molar refractivity (Wildman–Crippen MR) is 71.8 cm³/mol. The summed E-state index contributed by atoms with van der Waals surface area (Å²) in [7, 11) is -4.87. The lowest BCUT2D eigenvalue weighted by Gasteiger charge is -2.09. The quantitative estimate of drug-likeness (QED) is 0.490. The number of aromatic hydroxyl groups is 2. The molecule has 1 amide bonds. The zero-order valence-electron chi connectivity index (χ0n) is 12.2. The van der Waals surface area contributed by atoms with Gasteiger partial charge in [-0.05, 0) is 18.2 Å². The molecule has 0 bridgehead atoms. The lowest BCUT2D eigenvalue weighted by Crippen LogP contribution is -2.14. The van der Waals surface area contributed by atoms with Gasteiger partial charge in [0, 0.05) is 12.2 Å². The van der Waals surface area contributed by atoms with Crippen molar-refractivity contribution >= 4 is 21.8 Å². The number of carbonyl (C=O) groups excluding carboxylic acids is 1. The number of anilines is 1. The van der Waals surface area contributed by atoms with Crippen LogP contribution in [0.4, 0.5) is 5.82 Å². The number of hydrogen-bond acceptors (Lipinski definition) is 6. The summed E-state index contributed by atoms with van der Waals surface area (Å²) in [6.07, 6.45) is -0.227. The van der Waals surface area contributed by atoms with Crippen molar-refractivity contribution in [3.63, 3.8) is 0 Å². The first-order valence-electron chi connectivity index (χ1n) is 6.38. The third-order valence-corrected chi connectivity index (χ3v) is 3.24. The van der Waals surface area contributed by atoms with Gasteiger partial charge in [0.1, 0.15) is 22.2 Å². The van der Waals surface area contributed by atoms with E-state index in [1.807, 2.05) is 0 Å². The molecule has 0 saturated heterocycles. The number of nitrogens with one attached hydrogen (secondary N) is 1. The normalized spacial score (nSPS) is 12.4. The summed E-state index contributed by atoms with van der Waals surface area (Å²) in [5.74, 6) is -3.14. The topological polar surface area (TPSA) is 137 Å². The SMILES string of the molecule is [2H]c1ccc([2H])c(NC(=O)c2cc(O)cc(S(=O)(=O)O)c2O)n1. The second-order valence-corrected chi connectivity index (χ2v) is 5.23. The van der Waals surface area contributed by atoms with Crippen molar-refractivity contribution in [3.05, 3.63) is 42.0 Å². The summed E-state index contributed by atoms with van der Waals surface area (Å²) in [6.45, 7) is 0. The Morgan fingerprint density at radius 2 is 2.00 bits per heavy atom. The maximum absolute atomic E-state index is 12.1. The van der Waals surface area contributed by atoms with Crippen LogP contribution in [-0.2, 0) is 10.1 Å². The van der Waals surface area contributed by atoms with E-state index >= 15 is 0 Å². The summed E-state index contributed by atoms with van der Waals surface area (Å²) >= 11 is 0. The number of carbonyl (C=O) groups is 1. The molecular weight excluding hydrogens is 300 g/mol. The fourth-order valence-corrected chi connectivity index (χ4v) is 2.12. The highest BCUT2D eigenvalue weighted by Gasteiger charge is 2.23. The van der Waals surface area contributed by atoms with Crippen LogP contribution in [0, 0.1) is 0 Å². The maximum atomic E-state index is 12.1. The summed E-state index contributed by atoms with van der Waals surface area (Å²) in [5, 5.41) is 21.4. The van der Waals surface area contributed by atoms with Gasteiger partial charge in [-0.1, -0.05) is 6.07 Å². The van der Waals surface area contributed by atoms with Gasteiger partial charge in [-0.25, -0.2) is 4.98 Å². The first kappa shape index (κ1) is 12.1. The Kier molecular flexibility index (Phi) is 3.11. The van der Waals surface area contributed by atoms with Crippen LogP contribution in [-0.4, -0.2) is 34.1 Å². The predicted octanol–water partition coefficient (Wildman–Crippen LogP) is 0.992. The van der Waals surface area contributed by atoms with Crippen LogP contribution in [0.5, 0.6) is 11.5 Å². The molecule has 0 saturated carbocycles. The molecule has 1 aromatic heterocycles. The molecule has 0 unspecified atom stereocenters. The largest absolute Gasteiger partial charge is 0.508 e. The van der Waals surface area contributed by atoms with E-state index in [0.717, 1.165) is 6.07 Å². The fourth-order valence-electron chi connectivity index (χ4n) is 1.49.